The predicted molar refractivity (Wildman–Crippen MR) is 86.6 cm³/mol. The number of anilines is 1. The molecule has 2 aromatic rings. The van der Waals surface area contributed by atoms with Crippen LogP contribution >= 0.6 is 11.8 Å². The van der Waals surface area contributed by atoms with E-state index in [1.165, 1.54) is 11.8 Å². The van der Waals surface area contributed by atoms with Gasteiger partial charge in [-0.25, -0.2) is 9.97 Å². The van der Waals surface area contributed by atoms with Gasteiger partial charge in [0.1, 0.15) is 5.82 Å². The van der Waals surface area contributed by atoms with Crippen LogP contribution in [0.3, 0.4) is 0 Å². The van der Waals surface area contributed by atoms with E-state index in [9.17, 15) is 0 Å². The van der Waals surface area contributed by atoms with Crippen molar-refractivity contribution in [2.24, 2.45) is 0 Å². The lowest BCUT2D eigenvalue weighted by Gasteiger charge is -2.33. The van der Waals surface area contributed by atoms with Gasteiger partial charge in [0, 0.05) is 37.8 Å². The summed E-state index contributed by atoms with van der Waals surface area (Å²) in [5.74, 6) is 4.19. The highest BCUT2D eigenvalue weighted by molar-refractivity contribution is 7.99. The van der Waals surface area contributed by atoms with Crippen LogP contribution < -0.4 is 4.90 Å². The molecule has 5 nitrogen and oxygen atoms in total. The molecular formula is C15H17N5S. The number of hydrogen-bond donors (Lipinski definition) is 0. The number of fused-ring (bicyclic) bond motifs is 1. The molecule has 0 amide bonds. The third-order valence-corrected chi connectivity index (χ3v) is 4.30. The van der Waals surface area contributed by atoms with Crippen molar-refractivity contribution in [2.75, 3.05) is 43.9 Å². The number of piperazine rings is 1. The highest BCUT2D eigenvalue weighted by atomic mass is 32.2. The van der Waals surface area contributed by atoms with Gasteiger partial charge in [0.2, 0.25) is 0 Å². The first kappa shape index (κ1) is 14.1. The van der Waals surface area contributed by atoms with Crippen LogP contribution in [0.2, 0.25) is 0 Å². The first-order valence-electron chi connectivity index (χ1n) is 6.89. The van der Waals surface area contributed by atoms with E-state index in [0.29, 0.717) is 5.75 Å². The Labute approximate surface area is 128 Å². The number of hydrogen-bond acceptors (Lipinski definition) is 6. The van der Waals surface area contributed by atoms with Gasteiger partial charge in [0.05, 0.1) is 17.5 Å². The molecule has 1 saturated heterocycles. The van der Waals surface area contributed by atoms with Crippen molar-refractivity contribution in [1.29, 1.82) is 0 Å². The molecule has 1 fully saturated rings. The molecule has 0 radical (unpaired) electrons. The standard InChI is InChI=1S/C15H17N5S/c1-3-10-21-15-17-13-11-16-5-4-12(13)14(18-15)20-8-6-19(2)7-9-20/h1,4-5,11H,6-10H2,2H3. The van der Waals surface area contributed by atoms with Crippen molar-refractivity contribution in [2.45, 2.75) is 5.16 Å². The molecule has 21 heavy (non-hydrogen) atoms. The second-order valence-electron chi connectivity index (χ2n) is 5.01. The Morgan fingerprint density at radius 3 is 2.86 bits per heavy atom. The van der Waals surface area contributed by atoms with Crippen LogP contribution in [0, 0.1) is 12.3 Å². The maximum Gasteiger partial charge on any atom is 0.191 e. The lowest BCUT2D eigenvalue weighted by Crippen LogP contribution is -2.45. The molecule has 3 heterocycles. The molecule has 0 bridgehead atoms. The van der Waals surface area contributed by atoms with Gasteiger partial charge >= 0.3 is 0 Å². The van der Waals surface area contributed by atoms with Crippen LogP contribution in [-0.2, 0) is 0 Å². The summed E-state index contributed by atoms with van der Waals surface area (Å²) in [6.45, 7) is 4.04. The monoisotopic (exact) mass is 299 g/mol. The molecule has 2 aromatic heterocycles. The van der Waals surface area contributed by atoms with E-state index >= 15 is 0 Å². The zero-order valence-corrected chi connectivity index (χ0v) is 12.8. The van der Waals surface area contributed by atoms with E-state index < -0.39 is 0 Å². The van der Waals surface area contributed by atoms with Crippen LogP contribution in [-0.4, -0.2) is 58.8 Å². The summed E-state index contributed by atoms with van der Waals surface area (Å²) in [5.41, 5.74) is 0.876. The van der Waals surface area contributed by atoms with Crippen LogP contribution in [0.1, 0.15) is 0 Å². The minimum Gasteiger partial charge on any atom is -0.353 e. The lowest BCUT2D eigenvalue weighted by molar-refractivity contribution is 0.312. The topological polar surface area (TPSA) is 45.2 Å². The fraction of sp³-hybridized carbons (Fsp3) is 0.400. The molecule has 0 unspecified atom stereocenters. The summed E-state index contributed by atoms with van der Waals surface area (Å²) in [6.07, 6.45) is 8.91. The smallest absolute Gasteiger partial charge is 0.191 e. The summed E-state index contributed by atoms with van der Waals surface area (Å²) in [4.78, 5) is 18.1. The summed E-state index contributed by atoms with van der Waals surface area (Å²) < 4.78 is 0. The number of pyridine rings is 1. The Morgan fingerprint density at radius 1 is 1.29 bits per heavy atom. The van der Waals surface area contributed by atoms with Gasteiger partial charge in [-0.3, -0.25) is 4.98 Å². The van der Waals surface area contributed by atoms with E-state index in [4.69, 9.17) is 11.4 Å². The Hall–Kier alpha value is -1.84. The third kappa shape index (κ3) is 3.09. The molecule has 0 aromatic carbocycles. The summed E-state index contributed by atoms with van der Waals surface area (Å²) in [6, 6.07) is 1.98. The fourth-order valence-corrected chi connectivity index (χ4v) is 2.90. The molecule has 0 N–H and O–H groups in total. The summed E-state index contributed by atoms with van der Waals surface area (Å²) >= 11 is 1.49. The van der Waals surface area contributed by atoms with Crippen LogP contribution in [0.25, 0.3) is 10.9 Å². The zero-order chi connectivity index (χ0) is 14.7. The maximum atomic E-state index is 5.33. The number of nitrogens with zero attached hydrogens (tertiary/aromatic N) is 5. The SMILES string of the molecule is C#CCSc1nc(N2CCN(C)CC2)c2ccncc2n1. The molecule has 0 atom stereocenters. The van der Waals surface area contributed by atoms with E-state index in [0.717, 1.165) is 48.1 Å². The predicted octanol–water partition coefficient (Wildman–Crippen LogP) is 1.50. The largest absolute Gasteiger partial charge is 0.353 e. The van der Waals surface area contributed by atoms with Gasteiger partial charge in [-0.15, -0.1) is 6.42 Å². The molecule has 0 aliphatic carbocycles. The van der Waals surface area contributed by atoms with Gasteiger partial charge < -0.3 is 9.80 Å². The number of thioether (sulfide) groups is 1. The van der Waals surface area contributed by atoms with Crippen molar-refractivity contribution >= 4 is 28.5 Å². The highest BCUT2D eigenvalue weighted by Gasteiger charge is 2.19. The molecule has 108 valence electrons. The second-order valence-corrected chi connectivity index (χ2v) is 5.95. The summed E-state index contributed by atoms with van der Waals surface area (Å²) in [5, 5.41) is 1.78. The fourth-order valence-electron chi connectivity index (χ4n) is 2.37. The lowest BCUT2D eigenvalue weighted by atomic mass is 10.2. The normalized spacial score (nSPS) is 16.1. The molecule has 3 rings (SSSR count). The van der Waals surface area contributed by atoms with Crippen molar-refractivity contribution in [1.82, 2.24) is 19.9 Å². The van der Waals surface area contributed by atoms with Gasteiger partial charge in [-0.1, -0.05) is 17.7 Å². The van der Waals surface area contributed by atoms with Gasteiger partial charge in [0.15, 0.2) is 5.16 Å². The van der Waals surface area contributed by atoms with E-state index in [-0.39, 0.29) is 0 Å². The van der Waals surface area contributed by atoms with E-state index in [1.54, 1.807) is 12.4 Å². The molecule has 6 heteroatoms. The number of likely N-dealkylation sites (N-methyl/N-ethyl adjacent to an activating group) is 1. The number of terminal acetylenes is 1. The molecule has 0 saturated carbocycles. The summed E-state index contributed by atoms with van der Waals surface area (Å²) in [7, 11) is 2.15. The highest BCUT2D eigenvalue weighted by Crippen LogP contribution is 2.27. The van der Waals surface area contributed by atoms with E-state index in [1.807, 2.05) is 6.07 Å². The van der Waals surface area contributed by atoms with Gasteiger partial charge in [0.25, 0.3) is 0 Å². The molecule has 1 aliphatic heterocycles. The van der Waals surface area contributed by atoms with Crippen LogP contribution in [0.5, 0.6) is 0 Å². The third-order valence-electron chi connectivity index (χ3n) is 3.55. The Kier molecular flexibility index (Phi) is 4.23. The molecule has 1 aliphatic rings. The van der Waals surface area contributed by atoms with Crippen molar-refractivity contribution in [3.8, 4) is 12.3 Å². The molecular weight excluding hydrogens is 282 g/mol. The average Bonchev–Trinajstić information content (AvgIpc) is 2.53. The Balaban J connectivity index is 2.00. The van der Waals surface area contributed by atoms with Crippen molar-refractivity contribution in [3.63, 3.8) is 0 Å². The first-order chi connectivity index (χ1) is 10.3. The van der Waals surface area contributed by atoms with Crippen LogP contribution in [0.15, 0.2) is 23.6 Å². The van der Waals surface area contributed by atoms with E-state index in [2.05, 4.69) is 32.7 Å². The Morgan fingerprint density at radius 2 is 2.10 bits per heavy atom. The zero-order valence-electron chi connectivity index (χ0n) is 12.0. The minimum atomic E-state index is 0.577. The van der Waals surface area contributed by atoms with Crippen LogP contribution in [0.4, 0.5) is 5.82 Å². The first-order valence-corrected chi connectivity index (χ1v) is 7.88. The van der Waals surface area contributed by atoms with Gasteiger partial charge in [-0.05, 0) is 13.1 Å². The second kappa shape index (κ2) is 6.29. The maximum absolute atomic E-state index is 5.33. The van der Waals surface area contributed by atoms with Gasteiger partial charge in [-0.2, -0.15) is 0 Å². The molecule has 0 spiro atoms. The Bertz CT molecular complexity index is 673. The van der Waals surface area contributed by atoms with Crippen molar-refractivity contribution in [3.05, 3.63) is 18.5 Å². The average molecular weight is 299 g/mol. The minimum absolute atomic E-state index is 0.577. The van der Waals surface area contributed by atoms with Crippen molar-refractivity contribution < 1.29 is 0 Å². The number of aromatic nitrogens is 3. The quantitative estimate of drug-likeness (QED) is 0.486. The number of rotatable bonds is 3.